The molecule has 114 valence electrons. The first-order chi connectivity index (χ1) is 9.98. The number of amidine groups is 1. The van der Waals surface area contributed by atoms with E-state index in [-0.39, 0.29) is 11.7 Å². The number of carbonyl (C=O) groups excluding carboxylic acids is 1. The molecule has 1 aromatic heterocycles. The quantitative estimate of drug-likeness (QED) is 0.335. The second kappa shape index (κ2) is 6.43. The van der Waals surface area contributed by atoms with E-state index in [2.05, 4.69) is 38.3 Å². The van der Waals surface area contributed by atoms with Gasteiger partial charge in [0.1, 0.15) is 11.2 Å². The standard InChI is InChI=1S/C14H19BrN4O2/c1-9-4-6-14(7-5-9,13(16)19-21)18-12(20)11-10(15)3-2-8-17-11/h2-3,8-9,21H,4-7H2,1H3,(H2,16,19)(H,18,20). The fraction of sp³-hybridized carbons (Fsp3) is 0.500. The van der Waals surface area contributed by atoms with Crippen LogP contribution in [-0.4, -0.2) is 27.5 Å². The van der Waals surface area contributed by atoms with Crippen molar-refractivity contribution in [3.8, 4) is 0 Å². The summed E-state index contributed by atoms with van der Waals surface area (Å²) in [6.07, 6.45) is 4.69. The lowest BCUT2D eigenvalue weighted by molar-refractivity contribution is 0.0891. The van der Waals surface area contributed by atoms with E-state index < -0.39 is 5.54 Å². The number of amides is 1. The van der Waals surface area contributed by atoms with E-state index in [4.69, 9.17) is 10.9 Å². The van der Waals surface area contributed by atoms with Crippen molar-refractivity contribution < 1.29 is 10.0 Å². The van der Waals surface area contributed by atoms with Crippen LogP contribution in [0.2, 0.25) is 0 Å². The number of hydrogen-bond donors (Lipinski definition) is 3. The number of nitrogens with zero attached hydrogens (tertiary/aromatic N) is 2. The van der Waals surface area contributed by atoms with E-state index in [0.717, 1.165) is 12.8 Å². The van der Waals surface area contributed by atoms with E-state index >= 15 is 0 Å². The van der Waals surface area contributed by atoms with Crippen LogP contribution < -0.4 is 11.1 Å². The molecule has 1 heterocycles. The molecule has 21 heavy (non-hydrogen) atoms. The Labute approximate surface area is 131 Å². The SMILES string of the molecule is CC1CCC(NC(=O)c2ncccc2Br)(/C(N)=N/O)CC1. The number of oxime groups is 1. The molecule has 7 heteroatoms. The lowest BCUT2D eigenvalue weighted by Crippen LogP contribution is -2.59. The van der Waals surface area contributed by atoms with Gasteiger partial charge in [-0.25, -0.2) is 4.98 Å². The average molecular weight is 355 g/mol. The molecule has 0 radical (unpaired) electrons. The van der Waals surface area contributed by atoms with Gasteiger partial charge in [0.25, 0.3) is 5.91 Å². The molecule has 0 unspecified atom stereocenters. The summed E-state index contributed by atoms with van der Waals surface area (Å²) in [6, 6.07) is 3.49. The number of carbonyl (C=O) groups is 1. The summed E-state index contributed by atoms with van der Waals surface area (Å²) in [5.74, 6) is 0.293. The van der Waals surface area contributed by atoms with Crippen LogP contribution in [0.3, 0.4) is 0 Å². The van der Waals surface area contributed by atoms with Crippen LogP contribution in [0.15, 0.2) is 28.0 Å². The predicted octanol–water partition coefficient (Wildman–Crippen LogP) is 2.27. The number of nitrogens with two attached hydrogens (primary N) is 1. The second-order valence-corrected chi connectivity index (χ2v) is 6.39. The molecule has 0 aromatic carbocycles. The molecule has 0 spiro atoms. The fourth-order valence-electron chi connectivity index (χ4n) is 2.63. The largest absolute Gasteiger partial charge is 0.409 e. The molecular formula is C14H19BrN4O2. The fourth-order valence-corrected chi connectivity index (χ4v) is 3.06. The molecule has 0 saturated heterocycles. The van der Waals surface area contributed by atoms with Gasteiger partial charge in [-0.15, -0.1) is 0 Å². The first-order valence-corrected chi connectivity index (χ1v) is 7.69. The van der Waals surface area contributed by atoms with Gasteiger partial charge in [-0.3, -0.25) is 4.79 Å². The van der Waals surface area contributed by atoms with Crippen molar-refractivity contribution >= 4 is 27.7 Å². The molecule has 0 bridgehead atoms. The van der Waals surface area contributed by atoms with E-state index in [1.165, 1.54) is 0 Å². The number of aromatic nitrogens is 1. The Morgan fingerprint density at radius 3 is 2.81 bits per heavy atom. The highest BCUT2D eigenvalue weighted by atomic mass is 79.9. The minimum Gasteiger partial charge on any atom is -0.409 e. The molecule has 0 aliphatic heterocycles. The van der Waals surface area contributed by atoms with Crippen LogP contribution in [0.25, 0.3) is 0 Å². The van der Waals surface area contributed by atoms with E-state index in [9.17, 15) is 4.79 Å². The molecule has 6 nitrogen and oxygen atoms in total. The molecule has 2 rings (SSSR count). The van der Waals surface area contributed by atoms with Crippen molar-refractivity contribution in [1.29, 1.82) is 0 Å². The Kier molecular flexibility index (Phi) is 4.82. The number of pyridine rings is 1. The lowest BCUT2D eigenvalue weighted by Gasteiger charge is -2.38. The van der Waals surface area contributed by atoms with Crippen molar-refractivity contribution in [1.82, 2.24) is 10.3 Å². The number of hydrogen-bond acceptors (Lipinski definition) is 4. The van der Waals surface area contributed by atoms with Gasteiger partial charge >= 0.3 is 0 Å². The molecule has 0 atom stereocenters. The van der Waals surface area contributed by atoms with Crippen molar-refractivity contribution in [2.24, 2.45) is 16.8 Å². The van der Waals surface area contributed by atoms with Gasteiger partial charge in [0.05, 0.1) is 0 Å². The molecule has 1 aromatic rings. The monoisotopic (exact) mass is 354 g/mol. The maximum Gasteiger partial charge on any atom is 0.271 e. The Hall–Kier alpha value is -1.63. The van der Waals surface area contributed by atoms with Gasteiger partial charge < -0.3 is 16.3 Å². The van der Waals surface area contributed by atoms with Crippen LogP contribution in [0.4, 0.5) is 0 Å². The van der Waals surface area contributed by atoms with Gasteiger partial charge in [-0.2, -0.15) is 0 Å². The van der Waals surface area contributed by atoms with Crippen molar-refractivity contribution in [2.75, 3.05) is 0 Å². The first-order valence-electron chi connectivity index (χ1n) is 6.89. The second-order valence-electron chi connectivity index (χ2n) is 5.54. The minimum atomic E-state index is -0.796. The van der Waals surface area contributed by atoms with E-state index in [0.29, 0.717) is 28.9 Å². The zero-order valence-electron chi connectivity index (χ0n) is 11.8. The van der Waals surface area contributed by atoms with Gasteiger partial charge in [0.2, 0.25) is 0 Å². The average Bonchev–Trinajstić information content (AvgIpc) is 2.49. The third-order valence-electron chi connectivity index (χ3n) is 4.05. The zero-order valence-corrected chi connectivity index (χ0v) is 13.4. The Balaban J connectivity index is 2.24. The first kappa shape index (κ1) is 15.8. The molecule has 1 amide bonds. The number of halogens is 1. The lowest BCUT2D eigenvalue weighted by atomic mass is 9.76. The summed E-state index contributed by atoms with van der Waals surface area (Å²) in [5, 5.41) is 15.1. The van der Waals surface area contributed by atoms with Gasteiger partial charge in [0.15, 0.2) is 5.84 Å². The van der Waals surface area contributed by atoms with Gasteiger partial charge in [-0.05, 0) is 59.7 Å². The van der Waals surface area contributed by atoms with Crippen molar-refractivity contribution in [3.63, 3.8) is 0 Å². The van der Waals surface area contributed by atoms with Crippen LogP contribution in [0.1, 0.15) is 43.1 Å². The summed E-state index contributed by atoms with van der Waals surface area (Å²) >= 11 is 3.31. The molecule has 1 aliphatic carbocycles. The Bertz CT molecular complexity index is 554. The molecule has 4 N–H and O–H groups in total. The van der Waals surface area contributed by atoms with Crippen molar-refractivity contribution in [2.45, 2.75) is 38.1 Å². The highest BCUT2D eigenvalue weighted by molar-refractivity contribution is 9.10. The van der Waals surface area contributed by atoms with Gasteiger partial charge in [0, 0.05) is 10.7 Å². The minimum absolute atomic E-state index is 0.0507. The topological polar surface area (TPSA) is 101 Å². The number of nitrogens with one attached hydrogen (secondary N) is 1. The third-order valence-corrected chi connectivity index (χ3v) is 4.69. The van der Waals surface area contributed by atoms with Crippen LogP contribution in [0.5, 0.6) is 0 Å². The van der Waals surface area contributed by atoms with Crippen LogP contribution in [-0.2, 0) is 0 Å². The predicted molar refractivity (Wildman–Crippen MR) is 83.2 cm³/mol. The van der Waals surface area contributed by atoms with Gasteiger partial charge in [-0.1, -0.05) is 12.1 Å². The molecule has 1 fully saturated rings. The molecular weight excluding hydrogens is 336 g/mol. The molecule has 1 saturated carbocycles. The summed E-state index contributed by atoms with van der Waals surface area (Å²) in [7, 11) is 0. The maximum atomic E-state index is 12.4. The maximum absolute atomic E-state index is 12.4. The highest BCUT2D eigenvalue weighted by Gasteiger charge is 2.40. The molecule has 1 aliphatic rings. The van der Waals surface area contributed by atoms with E-state index in [1.54, 1.807) is 18.3 Å². The van der Waals surface area contributed by atoms with Crippen LogP contribution >= 0.6 is 15.9 Å². The Morgan fingerprint density at radius 2 is 2.24 bits per heavy atom. The number of rotatable bonds is 3. The normalized spacial score (nSPS) is 26.4. The smallest absolute Gasteiger partial charge is 0.271 e. The zero-order chi connectivity index (χ0) is 15.5. The summed E-state index contributed by atoms with van der Waals surface area (Å²) in [6.45, 7) is 2.16. The summed E-state index contributed by atoms with van der Waals surface area (Å²) in [4.78, 5) is 16.5. The Morgan fingerprint density at radius 1 is 1.57 bits per heavy atom. The van der Waals surface area contributed by atoms with E-state index in [1.807, 2.05) is 0 Å². The summed E-state index contributed by atoms with van der Waals surface area (Å²) < 4.78 is 0.612. The van der Waals surface area contributed by atoms with Crippen LogP contribution in [0, 0.1) is 5.92 Å². The third kappa shape index (κ3) is 3.34. The highest BCUT2D eigenvalue weighted by Crippen LogP contribution is 2.32. The summed E-state index contributed by atoms with van der Waals surface area (Å²) in [5.41, 5.74) is 5.34. The van der Waals surface area contributed by atoms with Crippen molar-refractivity contribution in [3.05, 3.63) is 28.5 Å².